The normalized spacial score (nSPS) is 12.5. The molecule has 0 saturated carbocycles. The van der Waals surface area contributed by atoms with E-state index in [1.54, 1.807) is 0 Å². The Labute approximate surface area is 100 Å². The van der Waals surface area contributed by atoms with E-state index in [-0.39, 0.29) is 0 Å². The van der Waals surface area contributed by atoms with Gasteiger partial charge < -0.3 is 0 Å². The van der Waals surface area contributed by atoms with Gasteiger partial charge in [-0.25, -0.2) is 0 Å². The van der Waals surface area contributed by atoms with Crippen molar-refractivity contribution >= 4 is 0 Å². The quantitative estimate of drug-likeness (QED) is 0.456. The highest BCUT2D eigenvalue weighted by atomic mass is 14.0. The van der Waals surface area contributed by atoms with Crippen LogP contribution >= 0.6 is 0 Å². The number of hydrogen-bond donors (Lipinski definition) is 0. The molecule has 0 radical (unpaired) electrons. The fraction of sp³-hybridized carbons (Fsp3) is 0.375. The Morgan fingerprint density at radius 1 is 0.875 bits per heavy atom. The number of hydrogen-bond acceptors (Lipinski definition) is 0. The molecule has 0 aromatic rings. The Hall–Kier alpha value is -1.66. The number of unbranched alkanes of at least 4 members (excludes halogenated alkanes) is 2. The van der Waals surface area contributed by atoms with Gasteiger partial charge in [0.15, 0.2) is 0 Å². The van der Waals surface area contributed by atoms with Crippen LogP contribution in [0.2, 0.25) is 0 Å². The fourth-order valence-corrected chi connectivity index (χ4v) is 1.17. The average molecular weight is 212 g/mol. The highest BCUT2D eigenvalue weighted by Crippen LogP contribution is 2.08. The molecule has 84 valence electrons. The van der Waals surface area contributed by atoms with Crippen LogP contribution in [0.4, 0.5) is 0 Å². The van der Waals surface area contributed by atoms with Crippen molar-refractivity contribution < 1.29 is 0 Å². The van der Waals surface area contributed by atoms with Gasteiger partial charge in [-0.05, 0) is 25.0 Å². The van der Waals surface area contributed by atoms with E-state index >= 15 is 0 Å². The Balaban J connectivity index is 4.81. The van der Waals surface area contributed by atoms with E-state index in [0.717, 1.165) is 36.8 Å². The number of terminal acetylenes is 2. The molecule has 0 spiro atoms. The summed E-state index contributed by atoms with van der Waals surface area (Å²) >= 11 is 0. The van der Waals surface area contributed by atoms with Crippen LogP contribution in [-0.4, -0.2) is 0 Å². The van der Waals surface area contributed by atoms with E-state index in [2.05, 4.69) is 37.8 Å². The van der Waals surface area contributed by atoms with Gasteiger partial charge in [0.25, 0.3) is 0 Å². The molecule has 0 nitrogen and oxygen atoms in total. The second-order valence-corrected chi connectivity index (χ2v) is 3.50. The zero-order chi connectivity index (χ0) is 12.2. The van der Waals surface area contributed by atoms with Gasteiger partial charge in [-0.1, -0.05) is 50.7 Å². The molecule has 0 saturated heterocycles. The lowest BCUT2D eigenvalue weighted by Gasteiger charge is -1.95. The second-order valence-electron chi connectivity index (χ2n) is 3.50. The molecule has 0 rings (SSSR count). The first kappa shape index (κ1) is 14.3. The highest BCUT2D eigenvalue weighted by molar-refractivity contribution is 5.52. The fourth-order valence-electron chi connectivity index (χ4n) is 1.17. The topological polar surface area (TPSA) is 0 Å². The lowest BCUT2D eigenvalue weighted by Crippen LogP contribution is -1.81. The summed E-state index contributed by atoms with van der Waals surface area (Å²) in [6.07, 6.45) is 23.2. The molecule has 0 aliphatic carbocycles. The van der Waals surface area contributed by atoms with Crippen molar-refractivity contribution in [2.24, 2.45) is 0 Å². The largest absolute Gasteiger partial charge is 0.115 e. The van der Waals surface area contributed by atoms with Crippen LogP contribution in [0.3, 0.4) is 0 Å². The van der Waals surface area contributed by atoms with E-state index in [1.807, 2.05) is 12.2 Å². The van der Waals surface area contributed by atoms with Gasteiger partial charge in [-0.2, -0.15) is 0 Å². The standard InChI is InChI=1S/C16H20/c1-5-9-11-13-15(7-3)16(8-4)14-12-10-6-2/h3-4,11-14H,5-6,9-10H2,1-2H3/b13-11+,14-12+,16-15+. The Morgan fingerprint density at radius 3 is 1.50 bits per heavy atom. The van der Waals surface area contributed by atoms with Gasteiger partial charge in [-0.3, -0.25) is 0 Å². The summed E-state index contributed by atoms with van der Waals surface area (Å²) in [5, 5.41) is 0. The summed E-state index contributed by atoms with van der Waals surface area (Å²) in [4.78, 5) is 0. The first-order valence-corrected chi connectivity index (χ1v) is 5.80. The van der Waals surface area contributed by atoms with Gasteiger partial charge in [-0.15, -0.1) is 12.8 Å². The van der Waals surface area contributed by atoms with Crippen LogP contribution in [-0.2, 0) is 0 Å². The molecule has 0 bridgehead atoms. The van der Waals surface area contributed by atoms with E-state index in [0.29, 0.717) is 0 Å². The van der Waals surface area contributed by atoms with Crippen LogP contribution < -0.4 is 0 Å². The van der Waals surface area contributed by atoms with E-state index < -0.39 is 0 Å². The molecule has 0 heterocycles. The Bertz CT molecular complexity index is 314. The van der Waals surface area contributed by atoms with Gasteiger partial charge in [0, 0.05) is 11.1 Å². The molecule has 0 N–H and O–H groups in total. The van der Waals surface area contributed by atoms with E-state index in [1.165, 1.54) is 0 Å². The molecular weight excluding hydrogens is 192 g/mol. The number of rotatable bonds is 6. The van der Waals surface area contributed by atoms with Crippen LogP contribution in [0.1, 0.15) is 39.5 Å². The lowest BCUT2D eigenvalue weighted by atomic mass is 10.1. The summed E-state index contributed by atoms with van der Waals surface area (Å²) in [6.45, 7) is 4.26. The highest BCUT2D eigenvalue weighted by Gasteiger charge is 1.94. The summed E-state index contributed by atoms with van der Waals surface area (Å²) in [5.41, 5.74) is 1.59. The van der Waals surface area contributed by atoms with Gasteiger partial charge in [0.1, 0.15) is 0 Å². The molecule has 0 heteroatoms. The van der Waals surface area contributed by atoms with Crippen molar-refractivity contribution in [1.82, 2.24) is 0 Å². The SMILES string of the molecule is C#CC(/C=C/CCC)=C(C#C)\C=C\CCC. The van der Waals surface area contributed by atoms with Crippen LogP contribution in [0.25, 0.3) is 0 Å². The molecule has 16 heavy (non-hydrogen) atoms. The lowest BCUT2D eigenvalue weighted by molar-refractivity contribution is 0.957. The predicted molar refractivity (Wildman–Crippen MR) is 72.8 cm³/mol. The van der Waals surface area contributed by atoms with Crippen LogP contribution in [0, 0.1) is 24.7 Å². The molecule has 0 aliphatic heterocycles. The first-order chi connectivity index (χ1) is 7.79. The van der Waals surface area contributed by atoms with Crippen molar-refractivity contribution in [2.45, 2.75) is 39.5 Å². The molecule has 0 amide bonds. The number of allylic oxidation sites excluding steroid dienone is 6. The predicted octanol–water partition coefficient (Wildman–Crippen LogP) is 4.26. The van der Waals surface area contributed by atoms with Crippen molar-refractivity contribution in [1.29, 1.82) is 0 Å². The van der Waals surface area contributed by atoms with Crippen molar-refractivity contribution in [3.63, 3.8) is 0 Å². The first-order valence-electron chi connectivity index (χ1n) is 5.80. The van der Waals surface area contributed by atoms with Crippen molar-refractivity contribution in [3.05, 3.63) is 35.5 Å². The third kappa shape index (κ3) is 5.94. The van der Waals surface area contributed by atoms with Crippen LogP contribution in [0.15, 0.2) is 35.5 Å². The molecule has 0 fully saturated rings. The smallest absolute Gasteiger partial charge is 0.0395 e. The molecule has 0 atom stereocenters. The maximum absolute atomic E-state index is 5.45. The van der Waals surface area contributed by atoms with Crippen molar-refractivity contribution in [3.8, 4) is 24.7 Å². The minimum Gasteiger partial charge on any atom is -0.115 e. The summed E-state index contributed by atoms with van der Waals surface area (Å²) in [5.74, 6) is 5.28. The van der Waals surface area contributed by atoms with Gasteiger partial charge in [0.05, 0.1) is 0 Å². The zero-order valence-corrected chi connectivity index (χ0v) is 10.3. The maximum atomic E-state index is 5.45. The third-order valence-corrected chi connectivity index (χ3v) is 2.08. The summed E-state index contributed by atoms with van der Waals surface area (Å²) in [6, 6.07) is 0. The second kappa shape index (κ2) is 9.88. The van der Waals surface area contributed by atoms with Gasteiger partial charge in [0.2, 0.25) is 0 Å². The minimum atomic E-state index is 0.795. The monoisotopic (exact) mass is 212 g/mol. The molecule has 0 aliphatic rings. The summed E-state index contributed by atoms with van der Waals surface area (Å²) < 4.78 is 0. The minimum absolute atomic E-state index is 0.795. The molecule has 0 unspecified atom stereocenters. The Kier molecular flexibility index (Phi) is 8.85. The maximum Gasteiger partial charge on any atom is 0.0395 e. The van der Waals surface area contributed by atoms with Gasteiger partial charge >= 0.3 is 0 Å². The average Bonchev–Trinajstić information content (AvgIpc) is 2.31. The summed E-state index contributed by atoms with van der Waals surface area (Å²) in [7, 11) is 0. The van der Waals surface area contributed by atoms with Crippen LogP contribution in [0.5, 0.6) is 0 Å². The molecular formula is C16H20. The Morgan fingerprint density at radius 2 is 1.25 bits per heavy atom. The third-order valence-electron chi connectivity index (χ3n) is 2.08. The van der Waals surface area contributed by atoms with E-state index in [4.69, 9.17) is 12.8 Å². The molecule has 0 aromatic carbocycles. The van der Waals surface area contributed by atoms with E-state index in [9.17, 15) is 0 Å². The van der Waals surface area contributed by atoms with Crippen molar-refractivity contribution in [2.75, 3.05) is 0 Å². The molecule has 0 aromatic heterocycles. The zero-order valence-electron chi connectivity index (χ0n) is 10.3.